The Kier molecular flexibility index (Phi) is 4.93. The largest absolute Gasteiger partial charge is 0.497 e. The zero-order chi connectivity index (χ0) is 16.2. The Morgan fingerprint density at radius 1 is 1.30 bits per heavy atom. The van der Waals surface area contributed by atoms with Crippen molar-refractivity contribution in [3.63, 3.8) is 0 Å². The topological polar surface area (TPSA) is 45.7 Å². The van der Waals surface area contributed by atoms with Gasteiger partial charge in [-0.2, -0.15) is 0 Å². The van der Waals surface area contributed by atoms with Crippen molar-refractivity contribution in [1.29, 1.82) is 0 Å². The minimum atomic E-state index is 0.0769. The number of methoxy groups -OCH3 is 1. The lowest BCUT2D eigenvalue weighted by atomic mass is 10.1. The SMILES string of the molecule is COc1cccc(C(=O)N2CCN(Cc3csc(C)n3)CC2)c1. The lowest BCUT2D eigenvalue weighted by molar-refractivity contribution is 0.0627. The van der Waals surface area contributed by atoms with Crippen LogP contribution >= 0.6 is 11.3 Å². The van der Waals surface area contributed by atoms with E-state index in [1.807, 2.05) is 30.0 Å². The number of hydrogen-bond donors (Lipinski definition) is 0. The molecule has 5 nitrogen and oxygen atoms in total. The molecular weight excluding hydrogens is 310 g/mol. The molecule has 2 aromatic rings. The van der Waals surface area contributed by atoms with E-state index in [1.165, 1.54) is 0 Å². The van der Waals surface area contributed by atoms with Gasteiger partial charge in [0.15, 0.2) is 0 Å². The van der Waals surface area contributed by atoms with Gasteiger partial charge < -0.3 is 9.64 Å². The molecule has 0 atom stereocenters. The number of aryl methyl sites for hydroxylation is 1. The zero-order valence-electron chi connectivity index (χ0n) is 13.5. The van der Waals surface area contributed by atoms with Gasteiger partial charge >= 0.3 is 0 Å². The van der Waals surface area contributed by atoms with Crippen LogP contribution in [-0.4, -0.2) is 54.0 Å². The lowest BCUT2D eigenvalue weighted by Gasteiger charge is -2.34. The van der Waals surface area contributed by atoms with E-state index in [-0.39, 0.29) is 5.91 Å². The second-order valence-corrected chi connectivity index (χ2v) is 6.72. The normalized spacial score (nSPS) is 15.7. The van der Waals surface area contributed by atoms with Gasteiger partial charge in [-0.05, 0) is 25.1 Å². The number of thiazole rings is 1. The molecule has 0 spiro atoms. The van der Waals surface area contributed by atoms with E-state index in [0.29, 0.717) is 11.3 Å². The molecule has 0 bridgehead atoms. The fourth-order valence-corrected chi connectivity index (χ4v) is 3.36. The van der Waals surface area contributed by atoms with E-state index in [4.69, 9.17) is 4.74 Å². The van der Waals surface area contributed by atoms with E-state index in [2.05, 4.69) is 15.3 Å². The molecule has 0 N–H and O–H groups in total. The number of carbonyl (C=O) groups is 1. The molecule has 2 heterocycles. The summed E-state index contributed by atoms with van der Waals surface area (Å²) in [6.45, 7) is 6.15. The molecule has 1 amide bonds. The molecule has 3 rings (SSSR count). The summed E-state index contributed by atoms with van der Waals surface area (Å²) in [5.41, 5.74) is 1.81. The predicted molar refractivity (Wildman–Crippen MR) is 91.0 cm³/mol. The number of aromatic nitrogens is 1. The van der Waals surface area contributed by atoms with Crippen LogP contribution in [0, 0.1) is 6.92 Å². The van der Waals surface area contributed by atoms with Crippen LogP contribution in [0.2, 0.25) is 0 Å². The van der Waals surface area contributed by atoms with Gasteiger partial charge in [0, 0.05) is 43.7 Å². The van der Waals surface area contributed by atoms with Crippen LogP contribution in [0.15, 0.2) is 29.6 Å². The summed E-state index contributed by atoms with van der Waals surface area (Å²) in [6.07, 6.45) is 0. The van der Waals surface area contributed by atoms with Crippen LogP contribution in [0.25, 0.3) is 0 Å². The quantitative estimate of drug-likeness (QED) is 0.863. The smallest absolute Gasteiger partial charge is 0.254 e. The van der Waals surface area contributed by atoms with E-state index < -0.39 is 0 Å². The summed E-state index contributed by atoms with van der Waals surface area (Å²) in [4.78, 5) is 21.4. The summed E-state index contributed by atoms with van der Waals surface area (Å²) < 4.78 is 5.19. The van der Waals surface area contributed by atoms with E-state index in [9.17, 15) is 4.79 Å². The molecule has 0 unspecified atom stereocenters. The van der Waals surface area contributed by atoms with E-state index >= 15 is 0 Å². The number of benzene rings is 1. The van der Waals surface area contributed by atoms with Crippen molar-refractivity contribution in [2.75, 3.05) is 33.3 Å². The maximum Gasteiger partial charge on any atom is 0.254 e. The molecule has 1 fully saturated rings. The summed E-state index contributed by atoms with van der Waals surface area (Å²) >= 11 is 1.68. The molecule has 6 heteroatoms. The molecule has 1 aliphatic rings. The first-order valence-corrected chi connectivity index (χ1v) is 8.60. The molecular formula is C17H21N3O2S. The fourth-order valence-electron chi connectivity index (χ4n) is 2.76. The zero-order valence-corrected chi connectivity index (χ0v) is 14.3. The minimum absolute atomic E-state index is 0.0769. The number of amides is 1. The number of hydrogen-bond acceptors (Lipinski definition) is 5. The van der Waals surface area contributed by atoms with Crippen molar-refractivity contribution >= 4 is 17.2 Å². The Morgan fingerprint density at radius 3 is 2.74 bits per heavy atom. The molecule has 122 valence electrons. The van der Waals surface area contributed by atoms with Crippen LogP contribution in [-0.2, 0) is 6.54 Å². The van der Waals surface area contributed by atoms with Crippen LogP contribution in [0.4, 0.5) is 0 Å². The van der Waals surface area contributed by atoms with Crippen LogP contribution in [0.3, 0.4) is 0 Å². The summed E-state index contributed by atoms with van der Waals surface area (Å²) in [5.74, 6) is 0.793. The first-order chi connectivity index (χ1) is 11.2. The minimum Gasteiger partial charge on any atom is -0.497 e. The number of nitrogens with zero attached hydrogens (tertiary/aromatic N) is 3. The van der Waals surface area contributed by atoms with Gasteiger partial charge in [0.2, 0.25) is 0 Å². The Balaban J connectivity index is 1.56. The molecule has 1 saturated heterocycles. The lowest BCUT2D eigenvalue weighted by Crippen LogP contribution is -2.48. The van der Waals surface area contributed by atoms with Gasteiger partial charge in [-0.3, -0.25) is 9.69 Å². The Labute approximate surface area is 140 Å². The number of piperazine rings is 1. The second-order valence-electron chi connectivity index (χ2n) is 5.66. The monoisotopic (exact) mass is 331 g/mol. The average Bonchev–Trinajstić information content (AvgIpc) is 3.00. The van der Waals surface area contributed by atoms with Crippen molar-refractivity contribution < 1.29 is 9.53 Å². The fraction of sp³-hybridized carbons (Fsp3) is 0.412. The summed E-state index contributed by atoms with van der Waals surface area (Å²) in [6, 6.07) is 7.35. The summed E-state index contributed by atoms with van der Waals surface area (Å²) in [7, 11) is 1.61. The van der Waals surface area contributed by atoms with Gasteiger partial charge in [0.1, 0.15) is 5.75 Å². The van der Waals surface area contributed by atoms with Gasteiger partial charge in [-0.15, -0.1) is 11.3 Å². The van der Waals surface area contributed by atoms with Crippen molar-refractivity contribution in [1.82, 2.24) is 14.8 Å². The Morgan fingerprint density at radius 2 is 2.09 bits per heavy atom. The molecule has 0 saturated carbocycles. The Bertz CT molecular complexity index is 678. The van der Waals surface area contributed by atoms with E-state index in [0.717, 1.165) is 43.4 Å². The molecule has 0 aliphatic carbocycles. The average molecular weight is 331 g/mol. The highest BCUT2D eigenvalue weighted by molar-refractivity contribution is 7.09. The highest BCUT2D eigenvalue weighted by Gasteiger charge is 2.22. The van der Waals surface area contributed by atoms with Gasteiger partial charge in [0.05, 0.1) is 17.8 Å². The van der Waals surface area contributed by atoms with Crippen LogP contribution in [0.5, 0.6) is 5.75 Å². The van der Waals surface area contributed by atoms with Gasteiger partial charge in [-0.25, -0.2) is 4.98 Å². The molecule has 1 aromatic carbocycles. The third-order valence-corrected chi connectivity index (χ3v) is 4.85. The number of carbonyl (C=O) groups excluding carboxylic acids is 1. The highest BCUT2D eigenvalue weighted by atomic mass is 32.1. The number of ether oxygens (including phenoxy) is 1. The van der Waals surface area contributed by atoms with Gasteiger partial charge in [0.25, 0.3) is 5.91 Å². The Hall–Kier alpha value is -1.92. The van der Waals surface area contributed by atoms with Crippen molar-refractivity contribution in [2.24, 2.45) is 0 Å². The predicted octanol–water partition coefficient (Wildman–Crippen LogP) is 2.42. The van der Waals surface area contributed by atoms with Crippen LogP contribution < -0.4 is 4.74 Å². The molecule has 1 aromatic heterocycles. The first kappa shape index (κ1) is 16.0. The van der Waals surface area contributed by atoms with Crippen molar-refractivity contribution in [2.45, 2.75) is 13.5 Å². The second kappa shape index (κ2) is 7.10. The molecule has 0 radical (unpaired) electrons. The van der Waals surface area contributed by atoms with Gasteiger partial charge in [-0.1, -0.05) is 6.07 Å². The first-order valence-electron chi connectivity index (χ1n) is 7.72. The number of rotatable bonds is 4. The van der Waals surface area contributed by atoms with Crippen molar-refractivity contribution in [3.05, 3.63) is 45.9 Å². The highest BCUT2D eigenvalue weighted by Crippen LogP contribution is 2.16. The third kappa shape index (κ3) is 3.89. The van der Waals surface area contributed by atoms with Crippen molar-refractivity contribution in [3.8, 4) is 5.75 Å². The molecule has 1 aliphatic heterocycles. The molecule has 23 heavy (non-hydrogen) atoms. The summed E-state index contributed by atoms with van der Waals surface area (Å²) in [5, 5.41) is 3.22. The third-order valence-electron chi connectivity index (χ3n) is 4.03. The maximum atomic E-state index is 12.6. The standard InChI is InChI=1S/C17H21N3O2S/c1-13-18-15(12-23-13)11-19-6-8-20(9-7-19)17(21)14-4-3-5-16(10-14)22-2/h3-5,10,12H,6-9,11H2,1-2H3. The maximum absolute atomic E-state index is 12.6. The van der Waals surface area contributed by atoms with Crippen LogP contribution in [0.1, 0.15) is 21.1 Å². The van der Waals surface area contributed by atoms with E-state index in [1.54, 1.807) is 24.5 Å².